The van der Waals surface area contributed by atoms with Crippen molar-refractivity contribution in [2.75, 3.05) is 18.1 Å². The second-order valence-electron chi connectivity index (χ2n) is 5.21. The smallest absolute Gasteiger partial charge is 0.232 e. The van der Waals surface area contributed by atoms with Crippen LogP contribution >= 0.6 is 0 Å². The fourth-order valence-corrected chi connectivity index (χ4v) is 2.89. The molecule has 1 aromatic carbocycles. The Labute approximate surface area is 113 Å². The van der Waals surface area contributed by atoms with E-state index in [9.17, 15) is 4.79 Å². The highest BCUT2D eigenvalue weighted by Crippen LogP contribution is 2.30. The molecule has 100 valence electrons. The van der Waals surface area contributed by atoms with Crippen molar-refractivity contribution in [2.45, 2.75) is 25.9 Å². The van der Waals surface area contributed by atoms with E-state index in [1.807, 2.05) is 30.0 Å². The molecule has 0 N–H and O–H groups in total. The monoisotopic (exact) mass is 257 g/mol. The number of hydrogen-bond donors (Lipinski definition) is 0. The SMILES string of the molecule is C[C@H]1OCC[C@H]1C(=O)N1CCC=Cc2ccccc21. The highest BCUT2D eigenvalue weighted by molar-refractivity contribution is 5.97. The molecule has 1 fully saturated rings. The van der Waals surface area contributed by atoms with Gasteiger partial charge in [0.2, 0.25) is 5.91 Å². The molecule has 2 atom stereocenters. The van der Waals surface area contributed by atoms with Crippen LogP contribution in [-0.2, 0) is 9.53 Å². The van der Waals surface area contributed by atoms with Crippen molar-refractivity contribution in [1.29, 1.82) is 0 Å². The summed E-state index contributed by atoms with van der Waals surface area (Å²) in [6, 6.07) is 8.10. The van der Waals surface area contributed by atoms with Crippen LogP contribution in [0, 0.1) is 5.92 Å². The molecule has 0 saturated carbocycles. The minimum atomic E-state index is 0.00570. The number of para-hydroxylation sites is 1. The lowest BCUT2D eigenvalue weighted by Crippen LogP contribution is -2.39. The summed E-state index contributed by atoms with van der Waals surface area (Å²) in [5.74, 6) is 0.215. The van der Waals surface area contributed by atoms with E-state index in [1.54, 1.807) is 0 Å². The first kappa shape index (κ1) is 12.4. The lowest BCUT2D eigenvalue weighted by Gasteiger charge is -2.27. The molecule has 0 unspecified atom stereocenters. The van der Waals surface area contributed by atoms with Gasteiger partial charge in [0.1, 0.15) is 0 Å². The number of rotatable bonds is 1. The minimum Gasteiger partial charge on any atom is -0.378 e. The van der Waals surface area contributed by atoms with E-state index in [0.717, 1.165) is 30.6 Å². The number of hydrogen-bond acceptors (Lipinski definition) is 2. The third-order valence-electron chi connectivity index (χ3n) is 4.00. The molecular formula is C16H19NO2. The molecule has 2 heterocycles. The highest BCUT2D eigenvalue weighted by Gasteiger charge is 2.34. The van der Waals surface area contributed by atoms with Crippen molar-refractivity contribution < 1.29 is 9.53 Å². The van der Waals surface area contributed by atoms with Crippen LogP contribution in [0.4, 0.5) is 5.69 Å². The third-order valence-corrected chi connectivity index (χ3v) is 4.00. The second-order valence-corrected chi connectivity index (χ2v) is 5.21. The lowest BCUT2D eigenvalue weighted by molar-refractivity contribution is -0.123. The maximum Gasteiger partial charge on any atom is 0.232 e. The van der Waals surface area contributed by atoms with Crippen molar-refractivity contribution >= 4 is 17.7 Å². The van der Waals surface area contributed by atoms with Gasteiger partial charge in [-0.1, -0.05) is 30.4 Å². The highest BCUT2D eigenvalue weighted by atomic mass is 16.5. The van der Waals surface area contributed by atoms with Gasteiger partial charge in [0.15, 0.2) is 0 Å². The van der Waals surface area contributed by atoms with Crippen molar-refractivity contribution in [3.05, 3.63) is 35.9 Å². The van der Waals surface area contributed by atoms with Crippen LogP contribution in [-0.4, -0.2) is 25.2 Å². The van der Waals surface area contributed by atoms with Crippen molar-refractivity contribution in [3.63, 3.8) is 0 Å². The average molecular weight is 257 g/mol. The summed E-state index contributed by atoms with van der Waals surface area (Å²) in [6.07, 6.45) is 6.03. The average Bonchev–Trinajstić information content (AvgIpc) is 2.74. The van der Waals surface area contributed by atoms with Crippen LogP contribution in [0.25, 0.3) is 6.08 Å². The molecule has 0 aromatic heterocycles. The molecule has 2 aliphatic heterocycles. The van der Waals surface area contributed by atoms with E-state index in [-0.39, 0.29) is 17.9 Å². The zero-order valence-electron chi connectivity index (χ0n) is 11.2. The normalized spacial score (nSPS) is 26.1. The lowest BCUT2D eigenvalue weighted by atomic mass is 10.00. The molecule has 0 radical (unpaired) electrons. The van der Waals surface area contributed by atoms with Crippen molar-refractivity contribution in [2.24, 2.45) is 5.92 Å². The predicted octanol–water partition coefficient (Wildman–Crippen LogP) is 2.86. The number of carbonyl (C=O) groups excluding carboxylic acids is 1. The van der Waals surface area contributed by atoms with Crippen LogP contribution in [0.5, 0.6) is 0 Å². The third kappa shape index (κ3) is 2.30. The molecule has 1 amide bonds. The van der Waals surface area contributed by atoms with Crippen LogP contribution < -0.4 is 4.90 Å². The molecule has 19 heavy (non-hydrogen) atoms. The predicted molar refractivity (Wildman–Crippen MR) is 76.0 cm³/mol. The first-order chi connectivity index (χ1) is 9.27. The van der Waals surface area contributed by atoms with Crippen LogP contribution in [0.1, 0.15) is 25.3 Å². The standard InChI is InChI=1S/C16H19NO2/c1-12-14(9-11-19-12)16(18)17-10-5-4-7-13-6-2-3-8-15(13)17/h2-4,6-8,12,14H,5,9-11H2,1H3/t12-,14-/m1/s1. The number of amides is 1. The second kappa shape index (κ2) is 5.17. The Morgan fingerprint density at radius 2 is 2.21 bits per heavy atom. The Hall–Kier alpha value is -1.61. The maximum atomic E-state index is 12.7. The maximum absolute atomic E-state index is 12.7. The molecule has 3 nitrogen and oxygen atoms in total. The van der Waals surface area contributed by atoms with Gasteiger partial charge in [-0.05, 0) is 31.4 Å². The van der Waals surface area contributed by atoms with Gasteiger partial charge in [0.05, 0.1) is 17.7 Å². The number of anilines is 1. The van der Waals surface area contributed by atoms with Gasteiger partial charge in [-0.15, -0.1) is 0 Å². The number of benzene rings is 1. The molecule has 1 aromatic rings. The van der Waals surface area contributed by atoms with Gasteiger partial charge in [0, 0.05) is 13.2 Å². The molecular weight excluding hydrogens is 238 g/mol. The fourth-order valence-electron chi connectivity index (χ4n) is 2.89. The summed E-state index contributed by atoms with van der Waals surface area (Å²) in [7, 11) is 0. The summed E-state index contributed by atoms with van der Waals surface area (Å²) in [6.45, 7) is 3.46. The van der Waals surface area contributed by atoms with E-state index < -0.39 is 0 Å². The zero-order valence-corrected chi connectivity index (χ0v) is 11.2. The Morgan fingerprint density at radius 1 is 1.37 bits per heavy atom. The number of nitrogens with zero attached hydrogens (tertiary/aromatic N) is 1. The fraction of sp³-hybridized carbons (Fsp3) is 0.438. The summed E-state index contributed by atoms with van der Waals surface area (Å²) in [5, 5.41) is 0. The summed E-state index contributed by atoms with van der Waals surface area (Å²) >= 11 is 0. The van der Waals surface area contributed by atoms with Gasteiger partial charge in [0.25, 0.3) is 0 Å². The van der Waals surface area contributed by atoms with Crippen molar-refractivity contribution in [1.82, 2.24) is 0 Å². The van der Waals surface area contributed by atoms with Gasteiger partial charge in [-0.3, -0.25) is 4.79 Å². The Balaban J connectivity index is 1.91. The van der Waals surface area contributed by atoms with E-state index in [0.29, 0.717) is 6.61 Å². The van der Waals surface area contributed by atoms with Gasteiger partial charge >= 0.3 is 0 Å². The Bertz CT molecular complexity index is 509. The van der Waals surface area contributed by atoms with Gasteiger partial charge in [-0.2, -0.15) is 0 Å². The summed E-state index contributed by atoms with van der Waals surface area (Å²) < 4.78 is 5.53. The molecule has 0 aliphatic carbocycles. The van der Waals surface area contributed by atoms with Crippen LogP contribution in [0.15, 0.2) is 30.3 Å². The topological polar surface area (TPSA) is 29.5 Å². The minimum absolute atomic E-state index is 0.00570. The molecule has 3 heteroatoms. The van der Waals surface area contributed by atoms with Crippen LogP contribution in [0.2, 0.25) is 0 Å². The molecule has 3 rings (SSSR count). The Kier molecular flexibility index (Phi) is 3.38. The van der Waals surface area contributed by atoms with E-state index in [4.69, 9.17) is 4.74 Å². The zero-order chi connectivity index (χ0) is 13.2. The van der Waals surface area contributed by atoms with E-state index in [1.165, 1.54) is 0 Å². The first-order valence-electron chi connectivity index (χ1n) is 6.96. The summed E-state index contributed by atoms with van der Waals surface area (Å²) in [4.78, 5) is 14.7. The van der Waals surface area contributed by atoms with Gasteiger partial charge < -0.3 is 9.64 Å². The molecule has 2 aliphatic rings. The van der Waals surface area contributed by atoms with E-state index in [2.05, 4.69) is 18.2 Å². The number of fused-ring (bicyclic) bond motifs is 1. The largest absolute Gasteiger partial charge is 0.378 e. The number of carbonyl (C=O) groups is 1. The van der Waals surface area contributed by atoms with Crippen LogP contribution in [0.3, 0.4) is 0 Å². The first-order valence-corrected chi connectivity index (χ1v) is 6.96. The quantitative estimate of drug-likeness (QED) is 0.774. The van der Waals surface area contributed by atoms with E-state index >= 15 is 0 Å². The molecule has 0 spiro atoms. The Morgan fingerprint density at radius 3 is 3.00 bits per heavy atom. The molecule has 1 saturated heterocycles. The van der Waals surface area contributed by atoms with Crippen molar-refractivity contribution in [3.8, 4) is 0 Å². The number of ether oxygens (including phenoxy) is 1. The molecule has 0 bridgehead atoms. The summed E-state index contributed by atoms with van der Waals surface area (Å²) in [5.41, 5.74) is 2.15. The van der Waals surface area contributed by atoms with Gasteiger partial charge in [-0.25, -0.2) is 0 Å².